The maximum Gasteiger partial charge on any atom is 0.273 e. The monoisotopic (exact) mass is 411 g/mol. The fraction of sp³-hybridized carbons (Fsp3) is 0.615. The first-order valence-electron chi connectivity index (χ1n) is 6.93. The van der Waals surface area contributed by atoms with E-state index in [-0.39, 0.29) is 10.3 Å². The van der Waals surface area contributed by atoms with E-state index in [2.05, 4.69) is 15.9 Å². The zero-order valence-corrected chi connectivity index (χ0v) is 15.3. The summed E-state index contributed by atoms with van der Waals surface area (Å²) >= 11 is 4.23. The van der Waals surface area contributed by atoms with Gasteiger partial charge in [0.1, 0.15) is 10.3 Å². The van der Waals surface area contributed by atoms with Gasteiger partial charge in [-0.1, -0.05) is 0 Å². The Kier molecular flexibility index (Phi) is 6.39. The smallest absolute Gasteiger partial charge is 0.273 e. The number of sulfonamides is 1. The lowest BCUT2D eigenvalue weighted by Crippen LogP contribution is -2.39. The number of rotatable bonds is 6. The van der Waals surface area contributed by atoms with Crippen LogP contribution in [0.15, 0.2) is 20.1 Å². The molecule has 9 heteroatoms. The van der Waals surface area contributed by atoms with Gasteiger partial charge in [0, 0.05) is 6.61 Å². The summed E-state index contributed by atoms with van der Waals surface area (Å²) in [6.07, 6.45) is 2.14. The van der Waals surface area contributed by atoms with Crippen LogP contribution < -0.4 is 4.72 Å². The lowest BCUT2D eigenvalue weighted by atomic mass is 10.1. The van der Waals surface area contributed by atoms with Crippen molar-refractivity contribution in [2.45, 2.75) is 42.6 Å². The Bertz CT molecular complexity index is 610. The molecule has 1 N–H and O–H groups in total. The molecular weight excluding hydrogens is 394 g/mol. The molecular formula is C13H18BrNO5S2. The molecule has 1 aliphatic rings. The van der Waals surface area contributed by atoms with Crippen LogP contribution in [0.25, 0.3) is 0 Å². The predicted octanol–water partition coefficient (Wildman–Crippen LogP) is 2.29. The fourth-order valence-corrected chi connectivity index (χ4v) is 5.03. The third-order valence-electron chi connectivity index (χ3n) is 3.22. The lowest BCUT2D eigenvalue weighted by Gasteiger charge is -2.23. The standard InChI is InChI=1S/C13H18BrNO5S2/c1-9(20-8-10-4-2-3-7-19-10)13(16)15-22(17,18)12-6-5-11(14)21-12/h5-6,9-10H,2-4,7-8H2,1H3,(H,15,16)/t9-,10-/m0/s1. The molecule has 1 aliphatic heterocycles. The van der Waals surface area contributed by atoms with E-state index < -0.39 is 22.0 Å². The van der Waals surface area contributed by atoms with Crippen molar-refractivity contribution in [3.05, 3.63) is 15.9 Å². The number of thiophene rings is 1. The Labute approximate surface area is 142 Å². The molecule has 2 atom stereocenters. The Morgan fingerprint density at radius 3 is 2.91 bits per heavy atom. The summed E-state index contributed by atoms with van der Waals surface area (Å²) in [5.74, 6) is -0.680. The van der Waals surface area contributed by atoms with E-state index in [0.29, 0.717) is 17.0 Å². The predicted molar refractivity (Wildman–Crippen MR) is 86.4 cm³/mol. The van der Waals surface area contributed by atoms with E-state index in [1.807, 2.05) is 4.72 Å². The number of carbonyl (C=O) groups excluding carboxylic acids is 1. The highest BCUT2D eigenvalue weighted by atomic mass is 79.9. The summed E-state index contributed by atoms with van der Waals surface area (Å²) in [5.41, 5.74) is 0. The minimum atomic E-state index is -3.85. The summed E-state index contributed by atoms with van der Waals surface area (Å²) in [6.45, 7) is 2.52. The Balaban J connectivity index is 1.85. The zero-order valence-electron chi connectivity index (χ0n) is 12.1. The van der Waals surface area contributed by atoms with E-state index in [9.17, 15) is 13.2 Å². The van der Waals surface area contributed by atoms with Gasteiger partial charge in [-0.15, -0.1) is 11.3 Å². The highest BCUT2D eigenvalue weighted by Gasteiger charge is 2.24. The van der Waals surface area contributed by atoms with Crippen molar-refractivity contribution in [3.8, 4) is 0 Å². The number of carbonyl (C=O) groups is 1. The molecule has 6 nitrogen and oxygen atoms in total. The second-order valence-corrected chi connectivity index (χ2v) is 9.36. The van der Waals surface area contributed by atoms with Crippen LogP contribution in [-0.4, -0.2) is 39.7 Å². The Hall–Kier alpha value is -0.480. The topological polar surface area (TPSA) is 81.7 Å². The largest absolute Gasteiger partial charge is 0.376 e. The maximum atomic E-state index is 12.0. The van der Waals surface area contributed by atoms with Crippen molar-refractivity contribution < 1.29 is 22.7 Å². The summed E-state index contributed by atoms with van der Waals surface area (Å²) in [7, 11) is -3.85. The van der Waals surface area contributed by atoms with E-state index in [4.69, 9.17) is 9.47 Å². The molecule has 2 rings (SSSR count). The molecule has 124 valence electrons. The van der Waals surface area contributed by atoms with Gasteiger partial charge >= 0.3 is 0 Å². The number of hydrogen-bond acceptors (Lipinski definition) is 6. The van der Waals surface area contributed by atoms with Crippen LogP contribution in [-0.2, 0) is 24.3 Å². The number of halogens is 1. The highest BCUT2D eigenvalue weighted by Crippen LogP contribution is 2.25. The van der Waals surface area contributed by atoms with Gasteiger partial charge in [0.2, 0.25) is 0 Å². The maximum absolute atomic E-state index is 12.0. The summed E-state index contributed by atoms with van der Waals surface area (Å²) < 4.78 is 37.8. The highest BCUT2D eigenvalue weighted by molar-refractivity contribution is 9.11. The van der Waals surface area contributed by atoms with Gasteiger partial charge in [0.25, 0.3) is 15.9 Å². The summed E-state index contributed by atoms with van der Waals surface area (Å²) in [4.78, 5) is 11.9. The van der Waals surface area contributed by atoms with Crippen LogP contribution in [0.2, 0.25) is 0 Å². The molecule has 0 aromatic carbocycles. The quantitative estimate of drug-likeness (QED) is 0.776. The van der Waals surface area contributed by atoms with Crippen molar-refractivity contribution in [1.29, 1.82) is 0 Å². The van der Waals surface area contributed by atoms with Crippen LogP contribution in [0.3, 0.4) is 0 Å². The third-order valence-corrected chi connectivity index (χ3v) is 6.69. The van der Waals surface area contributed by atoms with Crippen molar-refractivity contribution in [2.75, 3.05) is 13.2 Å². The second kappa shape index (κ2) is 7.87. The van der Waals surface area contributed by atoms with E-state index in [1.54, 1.807) is 6.07 Å². The van der Waals surface area contributed by atoms with Gasteiger partial charge in [-0.3, -0.25) is 4.79 Å². The molecule has 22 heavy (non-hydrogen) atoms. The molecule has 1 saturated heterocycles. The molecule has 0 radical (unpaired) electrons. The second-order valence-electron chi connectivity index (χ2n) is 4.99. The van der Waals surface area contributed by atoms with Crippen molar-refractivity contribution in [3.63, 3.8) is 0 Å². The van der Waals surface area contributed by atoms with E-state index >= 15 is 0 Å². The minimum absolute atomic E-state index is 0.0196. The van der Waals surface area contributed by atoms with Gasteiger partial charge in [0.15, 0.2) is 0 Å². The average Bonchev–Trinajstić information content (AvgIpc) is 2.93. The minimum Gasteiger partial charge on any atom is -0.376 e. The molecule has 0 aliphatic carbocycles. The first-order valence-corrected chi connectivity index (χ1v) is 10.0. The normalized spacial score (nSPS) is 20.5. The van der Waals surface area contributed by atoms with Crippen LogP contribution >= 0.6 is 27.3 Å². The Morgan fingerprint density at radius 1 is 1.55 bits per heavy atom. The molecule has 1 aromatic heterocycles. The van der Waals surface area contributed by atoms with Crippen LogP contribution in [0.4, 0.5) is 0 Å². The van der Waals surface area contributed by atoms with Crippen molar-refractivity contribution >= 4 is 43.2 Å². The number of nitrogens with one attached hydrogen (secondary N) is 1. The average molecular weight is 412 g/mol. The first kappa shape index (κ1) is 17.9. The lowest BCUT2D eigenvalue weighted by molar-refractivity contribution is -0.133. The SMILES string of the molecule is C[C@H](OC[C@@H]1CCCCO1)C(=O)NS(=O)(=O)c1ccc(Br)s1. The molecule has 0 spiro atoms. The van der Waals surface area contributed by atoms with Gasteiger partial charge in [0.05, 0.1) is 16.5 Å². The van der Waals surface area contributed by atoms with Crippen molar-refractivity contribution in [1.82, 2.24) is 4.72 Å². The van der Waals surface area contributed by atoms with Gasteiger partial charge in [-0.05, 0) is 54.2 Å². The van der Waals surface area contributed by atoms with E-state index in [1.165, 1.54) is 13.0 Å². The Morgan fingerprint density at radius 2 is 2.32 bits per heavy atom. The van der Waals surface area contributed by atoms with Crippen LogP contribution in [0.1, 0.15) is 26.2 Å². The third kappa shape index (κ3) is 5.02. The fourth-order valence-electron chi connectivity index (χ4n) is 1.97. The van der Waals surface area contributed by atoms with Crippen molar-refractivity contribution in [2.24, 2.45) is 0 Å². The van der Waals surface area contributed by atoms with Gasteiger partial charge in [-0.25, -0.2) is 13.1 Å². The zero-order chi connectivity index (χ0) is 16.2. The number of amides is 1. The van der Waals surface area contributed by atoms with E-state index in [0.717, 1.165) is 30.6 Å². The molecule has 0 unspecified atom stereocenters. The van der Waals surface area contributed by atoms with Crippen LogP contribution in [0.5, 0.6) is 0 Å². The summed E-state index contributed by atoms with van der Waals surface area (Å²) in [5, 5.41) is 0. The molecule has 1 fully saturated rings. The molecule has 2 heterocycles. The number of hydrogen-bond donors (Lipinski definition) is 1. The van der Waals surface area contributed by atoms with Crippen LogP contribution in [0, 0.1) is 0 Å². The summed E-state index contributed by atoms with van der Waals surface area (Å²) in [6, 6.07) is 3.05. The number of ether oxygens (including phenoxy) is 2. The first-order chi connectivity index (χ1) is 10.4. The van der Waals surface area contributed by atoms with Gasteiger partial charge in [-0.2, -0.15) is 0 Å². The van der Waals surface area contributed by atoms with Gasteiger partial charge < -0.3 is 9.47 Å². The molecule has 0 bridgehead atoms. The molecule has 1 aromatic rings. The molecule has 0 saturated carbocycles. The molecule has 1 amide bonds.